The molecule has 0 amide bonds. The fraction of sp³-hybridized carbons (Fsp3) is 1.00. The molecule has 0 aromatic rings. The zero-order valence-electron chi connectivity index (χ0n) is 24.7. The second kappa shape index (κ2) is 30.2. The maximum atomic E-state index is 1.50. The van der Waals surface area contributed by atoms with Crippen molar-refractivity contribution >= 4 is 0 Å². The summed E-state index contributed by atoms with van der Waals surface area (Å²) in [4.78, 5) is 0. The summed E-state index contributed by atoms with van der Waals surface area (Å²) in [6.45, 7) is 0. The molecule has 9 saturated carbocycles. The van der Waals surface area contributed by atoms with Crippen molar-refractivity contribution in [1.82, 2.24) is 0 Å². The fourth-order valence-corrected chi connectivity index (χ4v) is 2.00. The minimum atomic E-state index is 1.50. The number of rotatable bonds is 0. The zero-order valence-corrected chi connectivity index (χ0v) is 24.7. The highest BCUT2D eigenvalue weighted by molar-refractivity contribution is 4.53. The average Bonchev–Trinajstić information content (AvgIpc) is 3.16. The van der Waals surface area contributed by atoms with Gasteiger partial charge in [0.15, 0.2) is 0 Å². The van der Waals surface area contributed by atoms with Crippen LogP contribution in [0.2, 0.25) is 0 Å². The van der Waals surface area contributed by atoms with Gasteiger partial charge in [0.2, 0.25) is 0 Å². The maximum Gasteiger partial charge on any atom is -0.0533 e. The highest BCUT2D eigenvalue weighted by atomic mass is 14.0. The maximum absolute atomic E-state index is 1.50. The first-order valence-electron chi connectivity index (χ1n) is 17.5. The molecule has 0 nitrogen and oxygen atoms in total. The molecule has 0 aliphatic heterocycles. The van der Waals surface area contributed by atoms with Gasteiger partial charge in [0.05, 0.1) is 0 Å². The Balaban J connectivity index is 0.000000197. The molecule has 9 fully saturated rings. The van der Waals surface area contributed by atoms with E-state index in [0.29, 0.717) is 0 Å². The standard InChI is InChI=1S/8C4H8.C3H6/c8*1-2-4-3-1;1-2-3-1/h8*1-4H2;1-3H2. The van der Waals surface area contributed by atoms with E-state index in [-0.39, 0.29) is 0 Å². The largest absolute Gasteiger partial charge is 0.0533 e. The minimum Gasteiger partial charge on any atom is -0.0533 e. The molecule has 0 atom stereocenters. The molecule has 0 unspecified atom stereocenters. The van der Waals surface area contributed by atoms with Gasteiger partial charge in [0.1, 0.15) is 0 Å². The van der Waals surface area contributed by atoms with Crippen LogP contribution in [0, 0.1) is 0 Å². The Hall–Kier alpha value is 0. The Bertz CT molecular complexity index is 194. The van der Waals surface area contributed by atoms with E-state index in [1.165, 1.54) is 225 Å². The van der Waals surface area contributed by atoms with Crippen molar-refractivity contribution in [2.75, 3.05) is 0 Å². The topological polar surface area (TPSA) is 0 Å². The molecular weight excluding hydrogens is 420 g/mol. The molecule has 210 valence electrons. The molecule has 35 heavy (non-hydrogen) atoms. The second-order valence-electron chi connectivity index (χ2n) is 12.4. The van der Waals surface area contributed by atoms with Crippen molar-refractivity contribution in [1.29, 1.82) is 0 Å². The first-order chi connectivity index (χ1) is 17.5. The van der Waals surface area contributed by atoms with Gasteiger partial charge in [-0.15, -0.1) is 0 Å². The van der Waals surface area contributed by atoms with E-state index in [1.807, 2.05) is 0 Å². The van der Waals surface area contributed by atoms with Gasteiger partial charge in [-0.05, 0) is 0 Å². The normalized spacial score (nSPS) is 24.0. The van der Waals surface area contributed by atoms with Gasteiger partial charge in [-0.25, -0.2) is 0 Å². The van der Waals surface area contributed by atoms with Gasteiger partial charge >= 0.3 is 0 Å². The molecule has 0 aromatic carbocycles. The van der Waals surface area contributed by atoms with Crippen LogP contribution in [0.15, 0.2) is 0 Å². The van der Waals surface area contributed by atoms with Crippen molar-refractivity contribution in [2.24, 2.45) is 0 Å². The van der Waals surface area contributed by atoms with E-state index in [0.717, 1.165) is 0 Å². The summed E-state index contributed by atoms with van der Waals surface area (Å²) in [6.07, 6.45) is 52.5. The fourth-order valence-electron chi connectivity index (χ4n) is 2.00. The molecule has 0 heteroatoms. The van der Waals surface area contributed by atoms with Crippen LogP contribution < -0.4 is 0 Å². The quantitative estimate of drug-likeness (QED) is 0.316. The Kier molecular flexibility index (Phi) is 28.5. The van der Waals surface area contributed by atoms with Gasteiger partial charge in [-0.3, -0.25) is 0 Å². The van der Waals surface area contributed by atoms with Crippen LogP contribution in [0.25, 0.3) is 0 Å². The third-order valence-electron chi connectivity index (χ3n) is 8.35. The van der Waals surface area contributed by atoms with E-state index in [4.69, 9.17) is 0 Å². The van der Waals surface area contributed by atoms with Crippen molar-refractivity contribution in [3.8, 4) is 0 Å². The van der Waals surface area contributed by atoms with Crippen LogP contribution in [0.1, 0.15) is 225 Å². The highest BCUT2D eigenvalue weighted by Crippen LogP contribution is 2.18. The lowest BCUT2D eigenvalue weighted by Crippen LogP contribution is -1.85. The summed E-state index contributed by atoms with van der Waals surface area (Å²) in [5.74, 6) is 0. The molecule has 0 bridgehead atoms. The predicted molar refractivity (Wildman–Crippen MR) is 162 cm³/mol. The molecule has 0 heterocycles. The smallest absolute Gasteiger partial charge is 0.0533 e. The van der Waals surface area contributed by atoms with Crippen molar-refractivity contribution in [2.45, 2.75) is 225 Å². The summed E-state index contributed by atoms with van der Waals surface area (Å²) < 4.78 is 0. The Labute approximate surface area is 224 Å². The lowest BCUT2D eigenvalue weighted by molar-refractivity contribution is 0.504. The lowest BCUT2D eigenvalue weighted by atomic mass is 10.0. The van der Waals surface area contributed by atoms with Crippen LogP contribution >= 0.6 is 0 Å². The van der Waals surface area contributed by atoms with Crippen LogP contribution in [0.3, 0.4) is 0 Å². The van der Waals surface area contributed by atoms with Gasteiger partial charge in [0, 0.05) is 0 Å². The first-order valence-corrected chi connectivity index (χ1v) is 17.5. The van der Waals surface area contributed by atoms with Gasteiger partial charge in [0.25, 0.3) is 0 Å². The van der Waals surface area contributed by atoms with Crippen molar-refractivity contribution < 1.29 is 0 Å². The molecule has 0 saturated heterocycles. The highest BCUT2D eigenvalue weighted by Gasteiger charge is 1.98. The Morgan fingerprint density at radius 1 is 0.0571 bits per heavy atom. The van der Waals surface area contributed by atoms with E-state index in [1.54, 1.807) is 0 Å². The predicted octanol–water partition coefficient (Wildman–Crippen LogP) is 13.7. The second-order valence-corrected chi connectivity index (χ2v) is 12.4. The number of hydrogen-bond acceptors (Lipinski definition) is 0. The van der Waals surface area contributed by atoms with Crippen LogP contribution in [0.5, 0.6) is 0 Å². The van der Waals surface area contributed by atoms with Crippen molar-refractivity contribution in [3.05, 3.63) is 0 Å². The number of hydrogen-bond donors (Lipinski definition) is 0. The molecule has 9 aliphatic rings. The van der Waals surface area contributed by atoms with E-state index in [2.05, 4.69) is 0 Å². The third kappa shape index (κ3) is 32.0. The molecule has 0 radical (unpaired) electrons. The summed E-state index contributed by atoms with van der Waals surface area (Å²) in [5, 5.41) is 0. The van der Waals surface area contributed by atoms with Gasteiger partial charge in [-0.1, -0.05) is 225 Å². The summed E-state index contributed by atoms with van der Waals surface area (Å²) in [7, 11) is 0. The molecule has 0 spiro atoms. The molecule has 0 aromatic heterocycles. The van der Waals surface area contributed by atoms with Crippen LogP contribution in [-0.2, 0) is 0 Å². The Morgan fingerprint density at radius 3 is 0.0857 bits per heavy atom. The van der Waals surface area contributed by atoms with Gasteiger partial charge < -0.3 is 0 Å². The zero-order chi connectivity index (χ0) is 24.7. The van der Waals surface area contributed by atoms with Crippen LogP contribution in [0.4, 0.5) is 0 Å². The monoisotopic (exact) mass is 491 g/mol. The van der Waals surface area contributed by atoms with Gasteiger partial charge in [-0.2, -0.15) is 0 Å². The molecule has 9 aliphatic carbocycles. The summed E-state index contributed by atoms with van der Waals surface area (Å²) in [6, 6.07) is 0. The van der Waals surface area contributed by atoms with Crippen LogP contribution in [-0.4, -0.2) is 0 Å². The molecule has 0 N–H and O–H groups in total. The SMILES string of the molecule is C1CC1.C1CCC1.C1CCC1.C1CCC1.C1CCC1.C1CCC1.C1CCC1.C1CCC1.C1CCC1. The first kappa shape index (κ1) is 33.0. The lowest BCUT2D eigenvalue weighted by Gasteiger charge is -2.05. The molecular formula is C35H70. The average molecular weight is 491 g/mol. The summed E-state index contributed by atoms with van der Waals surface area (Å²) >= 11 is 0. The third-order valence-corrected chi connectivity index (χ3v) is 8.35. The van der Waals surface area contributed by atoms with Crippen molar-refractivity contribution in [3.63, 3.8) is 0 Å². The van der Waals surface area contributed by atoms with E-state index < -0.39 is 0 Å². The Morgan fingerprint density at radius 2 is 0.0857 bits per heavy atom. The van der Waals surface area contributed by atoms with E-state index >= 15 is 0 Å². The van der Waals surface area contributed by atoms with E-state index in [9.17, 15) is 0 Å². The molecule has 9 rings (SSSR count). The summed E-state index contributed by atoms with van der Waals surface area (Å²) in [5.41, 5.74) is 0. The minimum absolute atomic E-state index is 1.50.